The number of carboxylic acids is 1. The zero-order chi connectivity index (χ0) is 18.6. The number of β-lactam (4-membered cyclic amide) rings is 1. The third-order valence-corrected chi connectivity index (χ3v) is 7.28. The molecule has 1 unspecified atom stereocenters. The van der Waals surface area contributed by atoms with Gasteiger partial charge in [-0.1, -0.05) is 12.1 Å². The highest BCUT2D eigenvalue weighted by atomic mass is 32.2. The number of carboxylic acid groups (broad SMARTS) is 1. The summed E-state index contributed by atoms with van der Waals surface area (Å²) in [5.74, 6) is -1.69. The Balaban J connectivity index is 1.86. The highest BCUT2D eigenvalue weighted by Gasteiger charge is 2.70. The molecular weight excluding hydrogens is 360 g/mol. The Labute approximate surface area is 154 Å². The van der Waals surface area contributed by atoms with Crippen LogP contribution >= 0.6 is 23.5 Å². The van der Waals surface area contributed by atoms with E-state index in [2.05, 4.69) is 5.32 Å². The molecule has 25 heavy (non-hydrogen) atoms. The Morgan fingerprint density at radius 3 is 2.52 bits per heavy atom. The molecule has 0 saturated carbocycles. The lowest BCUT2D eigenvalue weighted by molar-refractivity contribution is -0.165. The first-order valence-corrected chi connectivity index (χ1v) is 9.93. The first-order chi connectivity index (χ1) is 11.6. The molecular formula is C17H20N2O4S2. The Bertz CT molecular complexity index is 767. The molecule has 2 aliphatic heterocycles. The van der Waals surface area contributed by atoms with E-state index in [0.717, 1.165) is 4.90 Å². The van der Waals surface area contributed by atoms with Crippen molar-refractivity contribution in [1.82, 2.24) is 10.2 Å². The molecule has 2 saturated heterocycles. The molecule has 2 N–H and O–H groups in total. The molecule has 1 aromatic carbocycles. The number of nitrogens with one attached hydrogen (secondary N) is 1. The molecule has 0 radical (unpaired) electrons. The van der Waals surface area contributed by atoms with E-state index in [9.17, 15) is 19.5 Å². The second-order valence-corrected chi connectivity index (χ2v) is 9.47. The van der Waals surface area contributed by atoms with Crippen molar-refractivity contribution < 1.29 is 19.5 Å². The molecule has 0 spiro atoms. The smallest absolute Gasteiger partial charge is 0.327 e. The summed E-state index contributed by atoms with van der Waals surface area (Å²) in [6, 6.07) is 6.31. The number of hydrogen-bond donors (Lipinski definition) is 2. The zero-order valence-electron chi connectivity index (χ0n) is 14.4. The lowest BCUT2D eigenvalue weighted by Crippen LogP contribution is -2.78. The van der Waals surface area contributed by atoms with Crippen LogP contribution in [0.5, 0.6) is 0 Å². The summed E-state index contributed by atoms with van der Waals surface area (Å²) in [5.41, 5.74) is -0.589. The van der Waals surface area contributed by atoms with Crippen molar-refractivity contribution >= 4 is 41.3 Å². The fourth-order valence-electron chi connectivity index (χ4n) is 3.47. The molecule has 1 aromatic rings. The van der Waals surface area contributed by atoms with Crippen molar-refractivity contribution in [1.29, 1.82) is 0 Å². The molecule has 134 valence electrons. The average Bonchev–Trinajstić information content (AvgIpc) is 2.84. The maximum absolute atomic E-state index is 12.7. The second-order valence-electron chi connectivity index (χ2n) is 6.88. The number of carbonyl (C=O) groups is 3. The molecule has 2 amide bonds. The zero-order valence-corrected chi connectivity index (χ0v) is 16.0. The topological polar surface area (TPSA) is 86.7 Å². The molecule has 0 aliphatic carbocycles. The van der Waals surface area contributed by atoms with Gasteiger partial charge in [0.15, 0.2) is 0 Å². The van der Waals surface area contributed by atoms with E-state index in [-0.39, 0.29) is 17.2 Å². The van der Waals surface area contributed by atoms with Gasteiger partial charge in [-0.2, -0.15) is 0 Å². The van der Waals surface area contributed by atoms with Gasteiger partial charge in [-0.25, -0.2) is 4.79 Å². The van der Waals surface area contributed by atoms with Gasteiger partial charge in [-0.3, -0.25) is 9.59 Å². The molecule has 2 heterocycles. The normalized spacial score (nSPS) is 29.8. The van der Waals surface area contributed by atoms with Crippen molar-refractivity contribution in [3.63, 3.8) is 0 Å². The van der Waals surface area contributed by atoms with Gasteiger partial charge >= 0.3 is 5.97 Å². The van der Waals surface area contributed by atoms with Crippen molar-refractivity contribution in [2.45, 2.75) is 47.4 Å². The van der Waals surface area contributed by atoms with E-state index >= 15 is 0 Å². The van der Waals surface area contributed by atoms with Crippen LogP contribution in [-0.4, -0.2) is 55.7 Å². The number of rotatable bonds is 4. The van der Waals surface area contributed by atoms with Crippen LogP contribution < -0.4 is 5.32 Å². The third kappa shape index (κ3) is 2.62. The maximum atomic E-state index is 12.7. The predicted molar refractivity (Wildman–Crippen MR) is 97.8 cm³/mol. The monoisotopic (exact) mass is 380 g/mol. The van der Waals surface area contributed by atoms with Gasteiger partial charge < -0.3 is 15.3 Å². The van der Waals surface area contributed by atoms with Crippen molar-refractivity contribution in [2.75, 3.05) is 6.26 Å². The summed E-state index contributed by atoms with van der Waals surface area (Å²) >= 11 is 2.88. The van der Waals surface area contributed by atoms with Crippen LogP contribution in [0.15, 0.2) is 29.2 Å². The van der Waals surface area contributed by atoms with E-state index in [1.54, 1.807) is 19.1 Å². The first-order valence-electron chi connectivity index (χ1n) is 7.82. The summed E-state index contributed by atoms with van der Waals surface area (Å²) in [6.07, 6.45) is 1.89. The number of thioether (sulfide) groups is 2. The van der Waals surface area contributed by atoms with Crippen LogP contribution in [0.1, 0.15) is 31.1 Å². The molecule has 6 nitrogen and oxygen atoms in total. The van der Waals surface area contributed by atoms with Crippen molar-refractivity contribution in [3.8, 4) is 0 Å². The predicted octanol–water partition coefficient (Wildman–Crippen LogP) is 2.04. The largest absolute Gasteiger partial charge is 0.480 e. The van der Waals surface area contributed by atoms with Crippen LogP contribution in [-0.2, 0) is 9.59 Å². The molecule has 8 heteroatoms. The minimum atomic E-state index is -1.10. The molecule has 3 atom stereocenters. The van der Waals surface area contributed by atoms with E-state index in [0.29, 0.717) is 5.56 Å². The number of carbonyl (C=O) groups excluding carboxylic acids is 2. The Kier molecular flexibility index (Phi) is 4.31. The number of amides is 2. The average molecular weight is 380 g/mol. The van der Waals surface area contributed by atoms with Gasteiger partial charge in [0, 0.05) is 9.64 Å². The first kappa shape index (κ1) is 18.1. The number of aliphatic carboxylic acids is 1. The lowest BCUT2D eigenvalue weighted by atomic mass is 9.86. The van der Waals surface area contributed by atoms with Gasteiger partial charge in [-0.15, -0.1) is 23.5 Å². The summed E-state index contributed by atoms with van der Waals surface area (Å²) in [6.45, 7) is 5.30. The highest BCUT2D eigenvalue weighted by Crippen LogP contribution is 2.54. The van der Waals surface area contributed by atoms with Gasteiger partial charge in [0.25, 0.3) is 11.8 Å². The minimum absolute atomic E-state index is 0.322. The standard InChI is InChI=1S/C17H20N2O4S2/c1-16(2)11(13(21)22)19-14(23)17(3,15(19)25-16)18-12(20)9-7-5-6-8-10(9)24-4/h5-8,11,15H,1-4H3,(H,18,20)(H,21,22)/t11-,15+,17?/m0/s1. The molecule has 2 fully saturated rings. The van der Waals surface area contributed by atoms with Crippen LogP contribution in [0.4, 0.5) is 0 Å². The number of nitrogens with zero attached hydrogens (tertiary/aromatic N) is 1. The van der Waals surface area contributed by atoms with Crippen LogP contribution in [0.3, 0.4) is 0 Å². The van der Waals surface area contributed by atoms with Gasteiger partial charge in [0.2, 0.25) is 0 Å². The van der Waals surface area contributed by atoms with Crippen molar-refractivity contribution in [3.05, 3.63) is 29.8 Å². The summed E-state index contributed by atoms with van der Waals surface area (Å²) in [7, 11) is 0. The summed E-state index contributed by atoms with van der Waals surface area (Å²) in [4.78, 5) is 39.2. The van der Waals surface area contributed by atoms with E-state index < -0.39 is 22.3 Å². The third-order valence-electron chi connectivity index (χ3n) is 4.74. The van der Waals surface area contributed by atoms with E-state index in [4.69, 9.17) is 0 Å². The Morgan fingerprint density at radius 2 is 1.92 bits per heavy atom. The molecule has 3 rings (SSSR count). The van der Waals surface area contributed by atoms with Gasteiger partial charge in [0.1, 0.15) is 17.0 Å². The van der Waals surface area contributed by atoms with Gasteiger partial charge in [0.05, 0.1) is 5.56 Å². The van der Waals surface area contributed by atoms with Gasteiger partial charge in [-0.05, 0) is 39.2 Å². The van der Waals surface area contributed by atoms with E-state index in [1.165, 1.54) is 28.4 Å². The highest BCUT2D eigenvalue weighted by molar-refractivity contribution is 8.01. The second kappa shape index (κ2) is 5.95. The van der Waals surface area contributed by atoms with E-state index in [1.807, 2.05) is 32.2 Å². The SMILES string of the molecule is CSc1ccccc1C(=O)NC1(C)C(=O)N2[C@@H](C(=O)O)C(C)(C)S[C@@H]21. The van der Waals surface area contributed by atoms with Crippen LogP contribution in [0.2, 0.25) is 0 Å². The Morgan fingerprint density at radius 1 is 1.28 bits per heavy atom. The minimum Gasteiger partial charge on any atom is -0.480 e. The number of benzene rings is 1. The lowest BCUT2D eigenvalue weighted by Gasteiger charge is -2.51. The van der Waals surface area contributed by atoms with Crippen LogP contribution in [0.25, 0.3) is 0 Å². The fraction of sp³-hybridized carbons (Fsp3) is 0.471. The fourth-order valence-corrected chi connectivity index (χ4v) is 5.71. The summed E-state index contributed by atoms with van der Waals surface area (Å²) < 4.78 is -0.619. The number of fused-ring (bicyclic) bond motifs is 1. The number of hydrogen-bond acceptors (Lipinski definition) is 5. The summed E-state index contributed by atoms with van der Waals surface area (Å²) in [5, 5.41) is 11.9. The Hall–Kier alpha value is -1.67. The quantitative estimate of drug-likeness (QED) is 0.614. The molecule has 0 bridgehead atoms. The van der Waals surface area contributed by atoms with Crippen molar-refractivity contribution in [2.24, 2.45) is 0 Å². The molecule has 0 aromatic heterocycles. The molecule has 2 aliphatic rings. The van der Waals surface area contributed by atoms with Crippen LogP contribution in [0, 0.1) is 0 Å². The maximum Gasteiger partial charge on any atom is 0.327 e.